The molecule has 3 amide bonds. The number of hydrogen-bond acceptors (Lipinski definition) is 9. The minimum Gasteiger partial charge on any atom is -0.481 e. The molecule has 0 saturated heterocycles. The van der Waals surface area contributed by atoms with Gasteiger partial charge < -0.3 is 37.6 Å². The molecule has 0 heterocycles. The van der Waals surface area contributed by atoms with Gasteiger partial charge in [0.1, 0.15) is 18.1 Å². The Balaban J connectivity index is 5.10. The number of carbonyl (C=O) groups is 5. The van der Waals surface area contributed by atoms with Crippen LogP contribution in [0.25, 0.3) is 0 Å². The van der Waals surface area contributed by atoms with Crippen molar-refractivity contribution >= 4 is 54.9 Å². The molecule has 0 aromatic rings. The van der Waals surface area contributed by atoms with E-state index in [2.05, 4.69) is 41.2 Å². The number of carboxylic acid groups (broad SMARTS) is 2. The molecule has 0 fully saturated rings. The van der Waals surface area contributed by atoms with E-state index >= 15 is 0 Å². The highest BCUT2D eigenvalue weighted by Gasteiger charge is 2.30. The van der Waals surface area contributed by atoms with E-state index in [0.29, 0.717) is 25.8 Å². The van der Waals surface area contributed by atoms with E-state index < -0.39 is 60.2 Å². The van der Waals surface area contributed by atoms with Crippen molar-refractivity contribution in [3.05, 3.63) is 0 Å². The van der Waals surface area contributed by atoms with Crippen LogP contribution >= 0.6 is 25.3 Å². The van der Waals surface area contributed by atoms with Gasteiger partial charge in [0.25, 0.3) is 0 Å². The van der Waals surface area contributed by atoms with Gasteiger partial charge in [-0.25, -0.2) is 4.79 Å². The van der Waals surface area contributed by atoms with Crippen molar-refractivity contribution in [2.24, 2.45) is 11.5 Å². The van der Waals surface area contributed by atoms with E-state index in [1.54, 1.807) is 0 Å². The minimum atomic E-state index is -1.49. The van der Waals surface area contributed by atoms with Gasteiger partial charge in [0, 0.05) is 11.5 Å². The van der Waals surface area contributed by atoms with Crippen molar-refractivity contribution in [2.45, 2.75) is 49.9 Å². The zero-order chi connectivity index (χ0) is 23.3. The topological polar surface area (TPSA) is 214 Å². The Kier molecular flexibility index (Phi) is 13.9. The third-order valence-electron chi connectivity index (χ3n) is 3.93. The average Bonchev–Trinajstić information content (AvgIpc) is 2.68. The zero-order valence-corrected chi connectivity index (χ0v) is 18.0. The maximum absolute atomic E-state index is 12.5. The number of nitrogens with one attached hydrogen (secondary N) is 3. The smallest absolute Gasteiger partial charge is 0.327 e. The molecule has 30 heavy (non-hydrogen) atoms. The Morgan fingerprint density at radius 2 is 1.30 bits per heavy atom. The Bertz CT molecular complexity index is 623. The van der Waals surface area contributed by atoms with Crippen LogP contribution in [-0.4, -0.2) is 82.1 Å². The van der Waals surface area contributed by atoms with Gasteiger partial charge in [0.15, 0.2) is 0 Å². The molecular weight excluding hydrogens is 438 g/mol. The number of carboxylic acids is 2. The SMILES string of the molecule is NCCCCC(N)C(=O)NC(CC(=O)O)C(=O)NC(CS)C(=O)NC(CS)C(=O)O. The van der Waals surface area contributed by atoms with Crippen molar-refractivity contribution in [3.63, 3.8) is 0 Å². The highest BCUT2D eigenvalue weighted by molar-refractivity contribution is 7.80. The lowest BCUT2D eigenvalue weighted by Crippen LogP contribution is -2.58. The summed E-state index contributed by atoms with van der Waals surface area (Å²) in [6.45, 7) is 0.432. The van der Waals surface area contributed by atoms with Crippen molar-refractivity contribution in [1.82, 2.24) is 16.0 Å². The molecule has 0 aliphatic heterocycles. The molecule has 14 heteroatoms. The number of amides is 3. The molecule has 172 valence electrons. The van der Waals surface area contributed by atoms with Gasteiger partial charge in [-0.1, -0.05) is 6.42 Å². The normalized spacial score (nSPS) is 14.7. The molecule has 0 aromatic heterocycles. The fourth-order valence-corrected chi connectivity index (χ4v) is 2.73. The number of carbonyl (C=O) groups excluding carboxylic acids is 3. The summed E-state index contributed by atoms with van der Waals surface area (Å²) >= 11 is 7.77. The molecule has 0 rings (SSSR count). The summed E-state index contributed by atoms with van der Waals surface area (Å²) in [4.78, 5) is 58.9. The van der Waals surface area contributed by atoms with Gasteiger partial charge in [-0.3, -0.25) is 19.2 Å². The van der Waals surface area contributed by atoms with Gasteiger partial charge in [0.2, 0.25) is 17.7 Å². The predicted octanol–water partition coefficient (Wildman–Crippen LogP) is -2.68. The summed E-state index contributed by atoms with van der Waals surface area (Å²) < 4.78 is 0. The summed E-state index contributed by atoms with van der Waals surface area (Å²) in [5.41, 5.74) is 11.1. The van der Waals surface area contributed by atoms with Crippen LogP contribution in [0.5, 0.6) is 0 Å². The number of rotatable bonds is 15. The largest absolute Gasteiger partial charge is 0.481 e. The minimum absolute atomic E-state index is 0.186. The van der Waals surface area contributed by atoms with Crippen LogP contribution in [0.2, 0.25) is 0 Å². The first-order chi connectivity index (χ1) is 14.1. The number of unbranched alkanes of at least 4 members (excludes halogenated alkanes) is 1. The zero-order valence-electron chi connectivity index (χ0n) is 16.2. The summed E-state index contributed by atoms with van der Waals surface area (Å²) in [6, 6.07) is -5.02. The van der Waals surface area contributed by atoms with Crippen molar-refractivity contribution in [3.8, 4) is 0 Å². The molecule has 0 saturated carbocycles. The van der Waals surface area contributed by atoms with E-state index in [0.717, 1.165) is 0 Å². The third-order valence-corrected chi connectivity index (χ3v) is 4.66. The molecule has 0 bridgehead atoms. The number of thiol groups is 2. The van der Waals surface area contributed by atoms with E-state index in [1.807, 2.05) is 0 Å². The Morgan fingerprint density at radius 1 is 0.800 bits per heavy atom. The van der Waals surface area contributed by atoms with E-state index in [-0.39, 0.29) is 11.5 Å². The van der Waals surface area contributed by atoms with E-state index in [9.17, 15) is 24.0 Å². The molecule has 0 radical (unpaired) electrons. The van der Waals surface area contributed by atoms with Crippen LogP contribution in [0.15, 0.2) is 0 Å². The Hall–Kier alpha value is -2.03. The maximum Gasteiger partial charge on any atom is 0.327 e. The third kappa shape index (κ3) is 10.7. The number of nitrogens with two attached hydrogens (primary N) is 2. The molecule has 4 unspecified atom stereocenters. The van der Waals surface area contributed by atoms with Crippen LogP contribution in [-0.2, 0) is 24.0 Å². The van der Waals surface area contributed by atoms with Crippen LogP contribution < -0.4 is 27.4 Å². The molecule has 12 nitrogen and oxygen atoms in total. The van der Waals surface area contributed by atoms with Crippen molar-refractivity contribution in [1.29, 1.82) is 0 Å². The lowest BCUT2D eigenvalue weighted by molar-refractivity contribution is -0.142. The summed E-state index contributed by atoms with van der Waals surface area (Å²) in [6.07, 6.45) is 0.788. The van der Waals surface area contributed by atoms with Gasteiger partial charge >= 0.3 is 11.9 Å². The van der Waals surface area contributed by atoms with Crippen molar-refractivity contribution in [2.75, 3.05) is 18.1 Å². The second kappa shape index (κ2) is 14.9. The fraction of sp³-hybridized carbons (Fsp3) is 0.688. The fourth-order valence-electron chi connectivity index (χ4n) is 2.23. The average molecular weight is 468 g/mol. The molecular formula is C16H29N5O7S2. The molecule has 9 N–H and O–H groups in total. The highest BCUT2D eigenvalue weighted by Crippen LogP contribution is 2.02. The molecule has 0 aliphatic carbocycles. The second-order valence-corrected chi connectivity index (χ2v) is 7.11. The van der Waals surface area contributed by atoms with Gasteiger partial charge in [-0.05, 0) is 19.4 Å². The van der Waals surface area contributed by atoms with E-state index in [1.165, 1.54) is 0 Å². The molecule has 4 atom stereocenters. The molecule has 0 aromatic carbocycles. The second-order valence-electron chi connectivity index (χ2n) is 6.38. The van der Waals surface area contributed by atoms with Crippen LogP contribution in [0.3, 0.4) is 0 Å². The van der Waals surface area contributed by atoms with Crippen LogP contribution in [0.1, 0.15) is 25.7 Å². The first-order valence-electron chi connectivity index (χ1n) is 9.10. The highest BCUT2D eigenvalue weighted by atomic mass is 32.1. The first kappa shape index (κ1) is 28.0. The first-order valence-corrected chi connectivity index (χ1v) is 10.4. The number of hydrogen-bond donors (Lipinski definition) is 9. The van der Waals surface area contributed by atoms with Gasteiger partial charge in [-0.2, -0.15) is 25.3 Å². The van der Waals surface area contributed by atoms with Gasteiger partial charge in [-0.15, -0.1) is 0 Å². The molecule has 0 aliphatic rings. The van der Waals surface area contributed by atoms with Crippen molar-refractivity contribution < 1.29 is 34.2 Å². The Labute approximate surface area is 184 Å². The predicted molar refractivity (Wildman–Crippen MR) is 114 cm³/mol. The summed E-state index contributed by atoms with van der Waals surface area (Å²) in [5, 5.41) is 24.7. The number of aliphatic carboxylic acids is 2. The Morgan fingerprint density at radius 3 is 1.77 bits per heavy atom. The maximum atomic E-state index is 12.5. The summed E-state index contributed by atoms with van der Waals surface area (Å²) in [5.74, 6) is -5.59. The lowest BCUT2D eigenvalue weighted by Gasteiger charge is -2.23. The standard InChI is InChI=1S/C16H29N5O7S2/c17-4-2-1-3-8(18)13(24)19-9(5-12(22)23)14(25)20-10(6-29)15(26)21-11(7-30)16(27)28/h8-11,29-30H,1-7,17-18H2,(H,19,24)(H,20,25)(H,21,26)(H,22,23)(H,27,28). The lowest BCUT2D eigenvalue weighted by atomic mass is 10.1. The summed E-state index contributed by atoms with van der Waals surface area (Å²) in [7, 11) is 0. The van der Waals surface area contributed by atoms with Crippen LogP contribution in [0.4, 0.5) is 0 Å². The van der Waals surface area contributed by atoms with E-state index in [4.69, 9.17) is 21.7 Å². The quantitative estimate of drug-likeness (QED) is 0.0904. The molecule has 0 spiro atoms. The van der Waals surface area contributed by atoms with Crippen LogP contribution in [0, 0.1) is 0 Å². The monoisotopic (exact) mass is 467 g/mol. The van der Waals surface area contributed by atoms with Gasteiger partial charge in [0.05, 0.1) is 12.5 Å².